The molecule has 0 radical (unpaired) electrons. The number of aryl methyl sites for hydroxylation is 1. The first kappa shape index (κ1) is 20.7. The van der Waals surface area contributed by atoms with Gasteiger partial charge in [0, 0.05) is 46.4 Å². The highest BCUT2D eigenvalue weighted by molar-refractivity contribution is 6.09. The summed E-state index contributed by atoms with van der Waals surface area (Å²) < 4.78 is 0. The number of fused-ring (bicyclic) bond motifs is 2. The SMILES string of the molecule is CC(=O)c1c(C)[nH]c2ccc(-c3nc4ccc(-c5nnn[nH]5)cc4nc3N(C)C(C)C)cc12. The first-order valence-corrected chi connectivity index (χ1v) is 10.8. The van der Waals surface area contributed by atoms with Crippen molar-refractivity contribution in [1.82, 2.24) is 35.6 Å². The number of benzene rings is 2. The molecule has 9 nitrogen and oxygen atoms in total. The zero-order valence-corrected chi connectivity index (χ0v) is 19.1. The maximum atomic E-state index is 12.3. The number of hydrogen-bond donors (Lipinski definition) is 2. The van der Waals surface area contributed by atoms with Crippen LogP contribution in [0.25, 0.3) is 44.6 Å². The summed E-state index contributed by atoms with van der Waals surface area (Å²) in [6.07, 6.45) is 0. The second-order valence-electron chi connectivity index (χ2n) is 8.50. The van der Waals surface area contributed by atoms with E-state index in [0.717, 1.165) is 50.3 Å². The Hall–Kier alpha value is -4.14. The second kappa shape index (κ2) is 7.77. The molecular weight excluding hydrogens is 416 g/mol. The Morgan fingerprint density at radius 3 is 2.52 bits per heavy atom. The van der Waals surface area contributed by atoms with E-state index in [-0.39, 0.29) is 11.8 Å². The summed E-state index contributed by atoms with van der Waals surface area (Å²) >= 11 is 0. The van der Waals surface area contributed by atoms with Crippen molar-refractivity contribution in [3.05, 3.63) is 47.7 Å². The van der Waals surface area contributed by atoms with Gasteiger partial charge >= 0.3 is 0 Å². The second-order valence-corrected chi connectivity index (χ2v) is 8.50. The lowest BCUT2D eigenvalue weighted by molar-refractivity contribution is 0.101. The summed E-state index contributed by atoms with van der Waals surface area (Å²) in [5, 5.41) is 15.0. The molecular formula is C24H24N8O. The largest absolute Gasteiger partial charge is 0.358 e. The lowest BCUT2D eigenvalue weighted by atomic mass is 10.0. The number of carbonyl (C=O) groups is 1. The fraction of sp³-hybridized carbons (Fsp3) is 0.250. The minimum absolute atomic E-state index is 0.0365. The molecule has 0 saturated carbocycles. The fourth-order valence-electron chi connectivity index (χ4n) is 4.09. The zero-order valence-electron chi connectivity index (χ0n) is 19.1. The van der Waals surface area contributed by atoms with Crippen LogP contribution in [-0.2, 0) is 0 Å². The molecule has 0 aliphatic rings. The monoisotopic (exact) mass is 440 g/mol. The number of aromatic nitrogens is 7. The minimum atomic E-state index is 0.0365. The molecule has 0 unspecified atom stereocenters. The van der Waals surface area contributed by atoms with E-state index < -0.39 is 0 Å². The topological polar surface area (TPSA) is 116 Å². The predicted octanol–water partition coefficient (Wildman–Crippen LogP) is 4.31. The highest BCUT2D eigenvalue weighted by atomic mass is 16.1. The lowest BCUT2D eigenvalue weighted by Gasteiger charge is -2.25. The summed E-state index contributed by atoms with van der Waals surface area (Å²) in [5.41, 5.74) is 6.53. The van der Waals surface area contributed by atoms with Gasteiger partial charge in [0.05, 0.1) is 11.0 Å². The number of tetrazole rings is 1. The van der Waals surface area contributed by atoms with Crippen LogP contribution in [0.4, 0.5) is 5.82 Å². The summed E-state index contributed by atoms with van der Waals surface area (Å²) in [6.45, 7) is 7.74. The van der Waals surface area contributed by atoms with Crippen molar-refractivity contribution in [3.8, 4) is 22.6 Å². The van der Waals surface area contributed by atoms with E-state index in [1.165, 1.54) is 0 Å². The number of anilines is 1. The maximum absolute atomic E-state index is 12.3. The van der Waals surface area contributed by atoms with E-state index in [4.69, 9.17) is 9.97 Å². The van der Waals surface area contributed by atoms with Gasteiger partial charge in [-0.2, -0.15) is 0 Å². The van der Waals surface area contributed by atoms with Gasteiger partial charge in [-0.3, -0.25) is 4.79 Å². The van der Waals surface area contributed by atoms with Gasteiger partial charge in [-0.1, -0.05) is 6.07 Å². The summed E-state index contributed by atoms with van der Waals surface area (Å²) in [7, 11) is 2.01. The van der Waals surface area contributed by atoms with Crippen molar-refractivity contribution < 1.29 is 4.79 Å². The fourth-order valence-corrected chi connectivity index (χ4v) is 4.09. The molecule has 2 N–H and O–H groups in total. The molecule has 0 atom stereocenters. The van der Waals surface area contributed by atoms with Gasteiger partial charge in [-0.25, -0.2) is 15.1 Å². The standard InChI is InChI=1S/C24H24N8O/c1-12(2)32(5)24-22(15-6-8-18-17(10-15)21(14(4)33)13(3)25-18)26-19-9-7-16(11-20(19)27-24)23-28-30-31-29-23/h6-12,25H,1-5H3,(H,28,29,30,31). The Kier molecular flexibility index (Phi) is 4.88. The van der Waals surface area contributed by atoms with Crippen molar-refractivity contribution in [3.63, 3.8) is 0 Å². The number of ketones is 1. The van der Waals surface area contributed by atoms with Crippen LogP contribution >= 0.6 is 0 Å². The first-order valence-electron chi connectivity index (χ1n) is 10.8. The van der Waals surface area contributed by atoms with E-state index in [1.54, 1.807) is 6.92 Å². The van der Waals surface area contributed by atoms with Gasteiger partial charge in [0.15, 0.2) is 17.4 Å². The molecule has 0 fully saturated rings. The number of nitrogens with zero attached hydrogens (tertiary/aromatic N) is 6. The third-order valence-corrected chi connectivity index (χ3v) is 5.98. The smallest absolute Gasteiger partial charge is 0.179 e. The minimum Gasteiger partial charge on any atom is -0.358 e. The summed E-state index contributed by atoms with van der Waals surface area (Å²) in [5.74, 6) is 1.38. The predicted molar refractivity (Wildman–Crippen MR) is 128 cm³/mol. The van der Waals surface area contributed by atoms with E-state index in [9.17, 15) is 4.79 Å². The lowest BCUT2D eigenvalue weighted by Crippen LogP contribution is -2.27. The third-order valence-electron chi connectivity index (χ3n) is 5.98. The van der Waals surface area contributed by atoms with Gasteiger partial charge in [0.2, 0.25) is 0 Å². The van der Waals surface area contributed by atoms with E-state index in [0.29, 0.717) is 11.4 Å². The Bertz CT molecular complexity index is 1500. The first-order chi connectivity index (χ1) is 15.8. The number of Topliss-reactive ketones (excluding diaryl/α,β-unsaturated/α-hetero) is 1. The molecule has 0 spiro atoms. The van der Waals surface area contributed by atoms with Crippen LogP contribution in [0, 0.1) is 6.92 Å². The van der Waals surface area contributed by atoms with Crippen molar-refractivity contribution >= 4 is 33.5 Å². The van der Waals surface area contributed by atoms with Gasteiger partial charge in [-0.15, -0.1) is 5.10 Å². The van der Waals surface area contributed by atoms with Crippen LogP contribution in [0.1, 0.15) is 36.8 Å². The van der Waals surface area contributed by atoms with Crippen molar-refractivity contribution in [2.45, 2.75) is 33.7 Å². The number of H-pyrrole nitrogens is 2. The molecule has 0 bridgehead atoms. The number of rotatable bonds is 5. The van der Waals surface area contributed by atoms with Crippen LogP contribution in [0.15, 0.2) is 36.4 Å². The molecule has 3 aromatic heterocycles. The van der Waals surface area contributed by atoms with Crippen molar-refractivity contribution in [1.29, 1.82) is 0 Å². The van der Waals surface area contributed by atoms with E-state index in [2.05, 4.69) is 44.4 Å². The van der Waals surface area contributed by atoms with Crippen LogP contribution in [-0.4, -0.2) is 54.4 Å². The zero-order chi connectivity index (χ0) is 23.3. The van der Waals surface area contributed by atoms with Gasteiger partial charge in [-0.05, 0) is 68.5 Å². The average molecular weight is 441 g/mol. The molecule has 166 valence electrons. The molecule has 0 amide bonds. The number of aromatic amines is 2. The number of nitrogens with one attached hydrogen (secondary N) is 2. The molecule has 5 aromatic rings. The van der Waals surface area contributed by atoms with E-state index in [1.807, 2.05) is 50.4 Å². The number of hydrogen-bond acceptors (Lipinski definition) is 7. The molecule has 0 aliphatic carbocycles. The van der Waals surface area contributed by atoms with E-state index >= 15 is 0 Å². The molecule has 5 rings (SSSR count). The highest BCUT2D eigenvalue weighted by Crippen LogP contribution is 2.34. The molecule has 33 heavy (non-hydrogen) atoms. The summed E-state index contributed by atoms with van der Waals surface area (Å²) in [6, 6.07) is 12.0. The summed E-state index contributed by atoms with van der Waals surface area (Å²) in [4.78, 5) is 27.7. The molecule has 2 aromatic carbocycles. The highest BCUT2D eigenvalue weighted by Gasteiger charge is 2.20. The Balaban J connectivity index is 1.74. The Labute approximate surface area is 190 Å². The van der Waals surface area contributed by atoms with Crippen LogP contribution in [0.2, 0.25) is 0 Å². The van der Waals surface area contributed by atoms with Crippen molar-refractivity contribution in [2.75, 3.05) is 11.9 Å². The molecule has 3 heterocycles. The maximum Gasteiger partial charge on any atom is 0.179 e. The van der Waals surface area contributed by atoms with Gasteiger partial charge in [0.25, 0.3) is 0 Å². The van der Waals surface area contributed by atoms with Crippen LogP contribution in [0.5, 0.6) is 0 Å². The molecule has 9 heteroatoms. The average Bonchev–Trinajstić information content (AvgIpc) is 3.44. The van der Waals surface area contributed by atoms with Gasteiger partial charge < -0.3 is 9.88 Å². The van der Waals surface area contributed by atoms with Crippen molar-refractivity contribution in [2.24, 2.45) is 0 Å². The molecule has 0 saturated heterocycles. The number of carbonyl (C=O) groups excluding carboxylic acids is 1. The van der Waals surface area contributed by atoms with Crippen LogP contribution < -0.4 is 4.90 Å². The quantitative estimate of drug-likeness (QED) is 0.391. The third kappa shape index (κ3) is 3.51. The van der Waals surface area contributed by atoms with Gasteiger partial charge in [0.1, 0.15) is 5.69 Å². The normalized spacial score (nSPS) is 11.6. The van der Waals surface area contributed by atoms with Crippen LogP contribution in [0.3, 0.4) is 0 Å². The Morgan fingerprint density at radius 2 is 1.82 bits per heavy atom. The Morgan fingerprint density at radius 1 is 1.03 bits per heavy atom. The molecule has 0 aliphatic heterocycles.